The first-order chi connectivity index (χ1) is 13.3. The van der Waals surface area contributed by atoms with Crippen molar-refractivity contribution in [3.05, 3.63) is 24.5 Å². The predicted octanol–water partition coefficient (Wildman–Crippen LogP) is 1.86. The molecule has 2 saturated heterocycles. The second kappa shape index (κ2) is 6.96. The maximum atomic E-state index is 12.3. The normalized spacial score (nSPS) is 23.0. The number of hydrogen-bond donors (Lipinski definition) is 0. The zero-order chi connectivity index (χ0) is 18.2. The molecule has 7 nitrogen and oxygen atoms in total. The topological polar surface area (TPSA) is 67.8 Å². The zero-order valence-electron chi connectivity index (χ0n) is 15.3. The molecule has 3 fully saturated rings. The van der Waals surface area contributed by atoms with Crippen LogP contribution in [0.5, 0.6) is 5.88 Å². The van der Waals surface area contributed by atoms with Crippen LogP contribution in [-0.4, -0.2) is 66.3 Å². The van der Waals surface area contributed by atoms with Gasteiger partial charge in [0.25, 0.3) is 0 Å². The van der Waals surface area contributed by atoms with E-state index in [1.54, 1.807) is 6.33 Å². The molecule has 3 heterocycles. The number of anilines is 1. The first-order valence-electron chi connectivity index (χ1n) is 9.81. The summed E-state index contributed by atoms with van der Waals surface area (Å²) in [6, 6.07) is 6.22. The van der Waals surface area contributed by atoms with Crippen LogP contribution < -0.4 is 9.64 Å². The van der Waals surface area contributed by atoms with Crippen molar-refractivity contribution in [2.75, 3.05) is 44.3 Å². The Hall–Kier alpha value is -2.41. The molecule has 1 unspecified atom stereocenters. The van der Waals surface area contributed by atoms with E-state index in [9.17, 15) is 4.79 Å². The van der Waals surface area contributed by atoms with Crippen molar-refractivity contribution < 1.29 is 14.3 Å². The first kappa shape index (κ1) is 16.7. The number of fused-ring (bicyclic) bond motifs is 1. The first-order valence-corrected chi connectivity index (χ1v) is 9.81. The van der Waals surface area contributed by atoms with Crippen LogP contribution in [0, 0.1) is 5.92 Å². The van der Waals surface area contributed by atoms with E-state index >= 15 is 0 Å². The van der Waals surface area contributed by atoms with Crippen molar-refractivity contribution in [1.29, 1.82) is 0 Å². The van der Waals surface area contributed by atoms with E-state index in [-0.39, 0.29) is 6.10 Å². The summed E-state index contributed by atoms with van der Waals surface area (Å²) >= 11 is 0. The van der Waals surface area contributed by atoms with Gasteiger partial charge in [-0.3, -0.25) is 4.79 Å². The fraction of sp³-hybridized carbons (Fsp3) is 0.550. The molecule has 1 saturated carbocycles. The second-order valence-electron chi connectivity index (χ2n) is 7.57. The maximum absolute atomic E-state index is 12.3. The summed E-state index contributed by atoms with van der Waals surface area (Å²) in [5, 5.41) is 0.929. The van der Waals surface area contributed by atoms with Crippen molar-refractivity contribution in [2.24, 2.45) is 5.92 Å². The van der Waals surface area contributed by atoms with E-state index in [0.717, 1.165) is 68.6 Å². The van der Waals surface area contributed by atoms with Crippen LogP contribution in [0.3, 0.4) is 0 Å². The van der Waals surface area contributed by atoms with Gasteiger partial charge < -0.3 is 19.3 Å². The van der Waals surface area contributed by atoms with E-state index in [1.807, 2.05) is 11.0 Å². The highest BCUT2D eigenvalue weighted by atomic mass is 16.5. The highest BCUT2D eigenvalue weighted by Crippen LogP contribution is 2.32. The average Bonchev–Trinajstić information content (AvgIpc) is 3.44. The van der Waals surface area contributed by atoms with Gasteiger partial charge in [-0.15, -0.1) is 0 Å². The van der Waals surface area contributed by atoms with Crippen LogP contribution in [0.2, 0.25) is 0 Å². The number of ether oxygens (including phenoxy) is 2. The lowest BCUT2D eigenvalue weighted by Crippen LogP contribution is -2.49. The molecule has 142 valence electrons. The van der Waals surface area contributed by atoms with Crippen LogP contribution in [0.1, 0.15) is 19.3 Å². The molecule has 0 spiro atoms. The number of carbonyl (C=O) groups excluding carboxylic acids is 1. The maximum Gasteiger partial charge on any atom is 0.225 e. The number of rotatable bonds is 4. The van der Waals surface area contributed by atoms with Gasteiger partial charge in [-0.25, -0.2) is 9.97 Å². The lowest BCUT2D eigenvalue weighted by molar-refractivity contribution is -0.132. The van der Waals surface area contributed by atoms with E-state index in [0.29, 0.717) is 24.3 Å². The molecule has 2 aliphatic heterocycles. The molecule has 0 N–H and O–H groups in total. The molecule has 0 bridgehead atoms. The van der Waals surface area contributed by atoms with Gasteiger partial charge >= 0.3 is 0 Å². The smallest absolute Gasteiger partial charge is 0.225 e. The van der Waals surface area contributed by atoms with Crippen LogP contribution in [0.4, 0.5) is 5.69 Å². The lowest BCUT2D eigenvalue weighted by atomic mass is 10.1. The molecule has 27 heavy (non-hydrogen) atoms. The summed E-state index contributed by atoms with van der Waals surface area (Å²) in [4.78, 5) is 25.3. The third kappa shape index (κ3) is 3.43. The minimum absolute atomic E-state index is 0.0590. The molecule has 2 aromatic rings. The van der Waals surface area contributed by atoms with Gasteiger partial charge in [0.2, 0.25) is 11.8 Å². The Morgan fingerprint density at radius 1 is 1.11 bits per heavy atom. The fourth-order valence-electron chi connectivity index (χ4n) is 3.85. The van der Waals surface area contributed by atoms with Gasteiger partial charge in [0.05, 0.1) is 24.1 Å². The summed E-state index contributed by atoms with van der Waals surface area (Å²) in [6.45, 7) is 4.64. The molecule has 3 aliphatic rings. The Morgan fingerprint density at radius 2 is 1.96 bits per heavy atom. The molecule has 0 radical (unpaired) electrons. The number of nitrogens with zero attached hydrogens (tertiary/aromatic N) is 4. The van der Waals surface area contributed by atoms with Gasteiger partial charge in [-0.05, 0) is 31.0 Å². The van der Waals surface area contributed by atoms with Crippen LogP contribution >= 0.6 is 0 Å². The SMILES string of the molecule is O=C(C1CC1)N1CCN(c2ccc3ncnc(OC4CCOC4)c3c2)CC1. The van der Waals surface area contributed by atoms with E-state index < -0.39 is 0 Å². The van der Waals surface area contributed by atoms with E-state index in [2.05, 4.69) is 27.0 Å². The molecule has 5 rings (SSSR count). The van der Waals surface area contributed by atoms with Crippen molar-refractivity contribution in [3.8, 4) is 5.88 Å². The van der Waals surface area contributed by atoms with Gasteiger partial charge in [-0.2, -0.15) is 0 Å². The van der Waals surface area contributed by atoms with Crippen molar-refractivity contribution in [1.82, 2.24) is 14.9 Å². The molecular weight excluding hydrogens is 344 g/mol. The minimum Gasteiger partial charge on any atom is -0.471 e. The summed E-state index contributed by atoms with van der Waals surface area (Å²) < 4.78 is 11.5. The third-order valence-electron chi connectivity index (χ3n) is 5.63. The average molecular weight is 368 g/mol. The Morgan fingerprint density at radius 3 is 2.70 bits per heavy atom. The highest BCUT2D eigenvalue weighted by Gasteiger charge is 2.34. The predicted molar refractivity (Wildman–Crippen MR) is 101 cm³/mol. The van der Waals surface area contributed by atoms with Crippen LogP contribution in [-0.2, 0) is 9.53 Å². The van der Waals surface area contributed by atoms with Gasteiger partial charge in [0.15, 0.2) is 0 Å². The second-order valence-corrected chi connectivity index (χ2v) is 7.57. The van der Waals surface area contributed by atoms with Crippen molar-refractivity contribution >= 4 is 22.5 Å². The van der Waals surface area contributed by atoms with Gasteiger partial charge in [-0.1, -0.05) is 0 Å². The number of benzene rings is 1. The van der Waals surface area contributed by atoms with Crippen molar-refractivity contribution in [2.45, 2.75) is 25.4 Å². The number of carbonyl (C=O) groups is 1. The standard InChI is InChI=1S/C20H24N4O3/c25-20(14-1-2-14)24-8-6-23(7-9-24)15-3-4-18-17(11-15)19(22-13-21-18)27-16-5-10-26-12-16/h3-4,11,13-14,16H,1-2,5-10,12H2. The summed E-state index contributed by atoms with van der Waals surface area (Å²) in [6.07, 6.45) is 4.64. The summed E-state index contributed by atoms with van der Waals surface area (Å²) in [5.74, 6) is 1.27. The number of piperazine rings is 1. The molecule has 1 aliphatic carbocycles. The molecule has 1 amide bonds. The van der Waals surface area contributed by atoms with E-state index in [1.165, 1.54) is 0 Å². The van der Waals surface area contributed by atoms with E-state index in [4.69, 9.17) is 9.47 Å². The Balaban J connectivity index is 1.33. The molecule has 7 heteroatoms. The summed E-state index contributed by atoms with van der Waals surface area (Å²) in [7, 11) is 0. The molecule has 1 aromatic heterocycles. The Kier molecular flexibility index (Phi) is 4.32. The Bertz CT molecular complexity index is 840. The van der Waals surface area contributed by atoms with Gasteiger partial charge in [0, 0.05) is 44.2 Å². The highest BCUT2D eigenvalue weighted by molar-refractivity contribution is 5.87. The number of aromatic nitrogens is 2. The monoisotopic (exact) mass is 368 g/mol. The molecule has 1 aromatic carbocycles. The van der Waals surface area contributed by atoms with Crippen LogP contribution in [0.15, 0.2) is 24.5 Å². The molecule has 1 atom stereocenters. The zero-order valence-corrected chi connectivity index (χ0v) is 15.3. The number of hydrogen-bond acceptors (Lipinski definition) is 6. The largest absolute Gasteiger partial charge is 0.471 e. The fourth-order valence-corrected chi connectivity index (χ4v) is 3.85. The summed E-state index contributed by atoms with van der Waals surface area (Å²) in [5.41, 5.74) is 2.01. The lowest BCUT2D eigenvalue weighted by Gasteiger charge is -2.36. The quantitative estimate of drug-likeness (QED) is 0.821. The van der Waals surface area contributed by atoms with Crippen molar-refractivity contribution in [3.63, 3.8) is 0 Å². The third-order valence-corrected chi connectivity index (χ3v) is 5.63. The molecular formula is C20H24N4O3. The Labute approximate surface area is 158 Å². The minimum atomic E-state index is 0.0590. The van der Waals surface area contributed by atoms with Gasteiger partial charge in [0.1, 0.15) is 12.4 Å². The van der Waals surface area contributed by atoms with Crippen LogP contribution in [0.25, 0.3) is 10.9 Å². The number of amides is 1.